The van der Waals surface area contributed by atoms with E-state index in [-0.39, 0.29) is 6.61 Å². The van der Waals surface area contributed by atoms with Crippen LogP contribution in [0.15, 0.2) is 47.6 Å². The van der Waals surface area contributed by atoms with E-state index in [1.165, 1.54) is 11.8 Å². The Morgan fingerprint density at radius 2 is 1.90 bits per heavy atom. The van der Waals surface area contributed by atoms with E-state index in [9.17, 15) is 5.11 Å². The molecule has 0 amide bonds. The number of rotatable bonds is 9. The summed E-state index contributed by atoms with van der Waals surface area (Å²) in [6, 6.07) is 12.6. The second-order valence-corrected chi connectivity index (χ2v) is 7.96. The molecule has 154 valence electrons. The molecule has 0 bridgehead atoms. The highest BCUT2D eigenvalue weighted by molar-refractivity contribution is 7.99. The third-order valence-corrected chi connectivity index (χ3v) is 5.77. The number of benzene rings is 2. The van der Waals surface area contributed by atoms with Crippen LogP contribution >= 0.6 is 35.0 Å². The van der Waals surface area contributed by atoms with Gasteiger partial charge >= 0.3 is 0 Å². The molecule has 9 heteroatoms. The summed E-state index contributed by atoms with van der Waals surface area (Å²) < 4.78 is 12.8. The van der Waals surface area contributed by atoms with E-state index in [1.54, 1.807) is 25.3 Å². The number of aliphatic hydroxyl groups excluding tert-OH is 1. The third-order valence-electron chi connectivity index (χ3n) is 4.11. The Morgan fingerprint density at radius 1 is 1.14 bits per heavy atom. The second kappa shape index (κ2) is 10.2. The van der Waals surface area contributed by atoms with Crippen molar-refractivity contribution in [2.45, 2.75) is 24.7 Å². The van der Waals surface area contributed by atoms with Gasteiger partial charge in [-0.15, -0.1) is 10.2 Å². The van der Waals surface area contributed by atoms with E-state index in [0.717, 1.165) is 22.3 Å². The molecule has 0 aliphatic heterocycles. The Bertz CT molecular complexity index is 951. The van der Waals surface area contributed by atoms with Gasteiger partial charge < -0.3 is 19.1 Å². The maximum absolute atomic E-state index is 10.3. The van der Waals surface area contributed by atoms with Gasteiger partial charge in [0.2, 0.25) is 0 Å². The van der Waals surface area contributed by atoms with Crippen molar-refractivity contribution in [3.63, 3.8) is 0 Å². The van der Waals surface area contributed by atoms with Crippen LogP contribution in [0, 0.1) is 0 Å². The fraction of sp³-hybridized carbons (Fsp3) is 0.300. The molecule has 6 nitrogen and oxygen atoms in total. The van der Waals surface area contributed by atoms with Crippen LogP contribution in [0.1, 0.15) is 6.92 Å². The van der Waals surface area contributed by atoms with Crippen LogP contribution in [0.25, 0.3) is 11.4 Å². The second-order valence-electron chi connectivity index (χ2n) is 6.13. The molecule has 3 aromatic rings. The quantitative estimate of drug-likeness (QED) is 0.468. The molecule has 0 aliphatic carbocycles. The SMILES string of the molecule is CCn1c(SC[C@@H](O)COc2cc(Cl)ccc2Cl)nnc1-c1ccc(OC)cc1. The summed E-state index contributed by atoms with van der Waals surface area (Å²) in [5.74, 6) is 2.41. The van der Waals surface area contributed by atoms with Gasteiger partial charge in [0, 0.05) is 29.0 Å². The number of hydrogen-bond acceptors (Lipinski definition) is 6. The van der Waals surface area contributed by atoms with Gasteiger partial charge in [0.05, 0.1) is 18.2 Å². The molecule has 0 saturated heterocycles. The van der Waals surface area contributed by atoms with Gasteiger partial charge in [-0.2, -0.15) is 0 Å². The van der Waals surface area contributed by atoms with Crippen LogP contribution in [0.5, 0.6) is 11.5 Å². The number of aliphatic hydroxyl groups is 1. The van der Waals surface area contributed by atoms with Crippen LogP contribution in [0.2, 0.25) is 10.0 Å². The molecule has 3 rings (SSSR count). The number of nitrogens with zero attached hydrogens (tertiary/aromatic N) is 3. The van der Waals surface area contributed by atoms with Crippen LogP contribution in [-0.2, 0) is 6.54 Å². The average Bonchev–Trinajstić information content (AvgIpc) is 3.15. The van der Waals surface area contributed by atoms with E-state index in [1.807, 2.05) is 35.8 Å². The van der Waals surface area contributed by atoms with E-state index >= 15 is 0 Å². The number of ether oxygens (including phenoxy) is 2. The lowest BCUT2D eigenvalue weighted by molar-refractivity contribution is 0.126. The Kier molecular flexibility index (Phi) is 7.66. The Hall–Kier alpha value is -1.93. The van der Waals surface area contributed by atoms with Gasteiger partial charge in [-0.05, 0) is 43.3 Å². The highest BCUT2D eigenvalue weighted by Gasteiger charge is 2.16. The monoisotopic (exact) mass is 453 g/mol. The third kappa shape index (κ3) is 5.57. The fourth-order valence-corrected chi connectivity index (χ4v) is 3.87. The summed E-state index contributed by atoms with van der Waals surface area (Å²) in [6.45, 7) is 2.83. The van der Waals surface area contributed by atoms with Crippen molar-refractivity contribution in [2.24, 2.45) is 0 Å². The van der Waals surface area contributed by atoms with Crippen molar-refractivity contribution in [3.05, 3.63) is 52.5 Å². The van der Waals surface area contributed by atoms with Crippen molar-refractivity contribution in [1.29, 1.82) is 0 Å². The molecule has 0 aliphatic rings. The van der Waals surface area contributed by atoms with Gasteiger partial charge in [0.15, 0.2) is 11.0 Å². The van der Waals surface area contributed by atoms with Crippen molar-refractivity contribution < 1.29 is 14.6 Å². The Balaban J connectivity index is 1.61. The van der Waals surface area contributed by atoms with Crippen LogP contribution < -0.4 is 9.47 Å². The van der Waals surface area contributed by atoms with Gasteiger partial charge in [-0.3, -0.25) is 0 Å². The minimum absolute atomic E-state index is 0.0959. The molecule has 0 saturated carbocycles. The summed E-state index contributed by atoms with van der Waals surface area (Å²) >= 11 is 13.4. The fourth-order valence-electron chi connectivity index (χ4n) is 2.63. The first-order valence-electron chi connectivity index (χ1n) is 8.98. The van der Waals surface area contributed by atoms with E-state index < -0.39 is 6.10 Å². The summed E-state index contributed by atoms with van der Waals surface area (Å²) in [5.41, 5.74) is 0.950. The highest BCUT2D eigenvalue weighted by Crippen LogP contribution is 2.29. The standard InChI is InChI=1S/C20H21Cl2N3O3S/c1-3-25-19(13-4-7-16(27-2)8-5-13)23-24-20(25)29-12-15(26)11-28-18-10-14(21)6-9-17(18)22/h4-10,15,26H,3,11-12H2,1-2H3/t15-/m0/s1. The number of halogens is 2. The maximum atomic E-state index is 10.3. The van der Waals surface area contributed by atoms with E-state index in [4.69, 9.17) is 32.7 Å². The number of thioether (sulfide) groups is 1. The topological polar surface area (TPSA) is 69.4 Å². The molecule has 0 fully saturated rings. The van der Waals surface area contributed by atoms with Crippen molar-refractivity contribution in [2.75, 3.05) is 19.5 Å². The Morgan fingerprint density at radius 3 is 2.59 bits per heavy atom. The number of methoxy groups -OCH3 is 1. The highest BCUT2D eigenvalue weighted by atomic mass is 35.5. The minimum atomic E-state index is -0.707. The molecular weight excluding hydrogens is 433 g/mol. The molecule has 1 atom stereocenters. The van der Waals surface area contributed by atoms with Crippen molar-refractivity contribution in [3.8, 4) is 22.9 Å². The zero-order chi connectivity index (χ0) is 20.8. The van der Waals surface area contributed by atoms with Crippen LogP contribution in [0.4, 0.5) is 0 Å². The Labute approximate surface area is 183 Å². The summed E-state index contributed by atoms with van der Waals surface area (Å²) in [7, 11) is 1.63. The largest absolute Gasteiger partial charge is 0.497 e. The van der Waals surface area contributed by atoms with Crippen LogP contribution in [-0.4, -0.2) is 45.4 Å². The minimum Gasteiger partial charge on any atom is -0.497 e. The number of aromatic nitrogens is 3. The molecule has 2 aromatic carbocycles. The zero-order valence-corrected chi connectivity index (χ0v) is 18.3. The molecule has 0 radical (unpaired) electrons. The predicted molar refractivity (Wildman–Crippen MR) is 116 cm³/mol. The lowest BCUT2D eigenvalue weighted by Crippen LogP contribution is -2.20. The smallest absolute Gasteiger partial charge is 0.191 e. The summed E-state index contributed by atoms with van der Waals surface area (Å²) in [6.07, 6.45) is -0.707. The lowest BCUT2D eigenvalue weighted by atomic mass is 10.2. The molecule has 1 N–H and O–H groups in total. The predicted octanol–water partition coefficient (Wildman–Crippen LogP) is 4.81. The van der Waals surface area contributed by atoms with Gasteiger partial charge in [0.1, 0.15) is 18.1 Å². The summed E-state index contributed by atoms with van der Waals surface area (Å²) in [5, 5.41) is 20.6. The molecule has 1 heterocycles. The van der Waals surface area contributed by atoms with Crippen LogP contribution in [0.3, 0.4) is 0 Å². The molecular formula is C20H21Cl2N3O3S. The van der Waals surface area contributed by atoms with Crippen molar-refractivity contribution >= 4 is 35.0 Å². The van der Waals surface area contributed by atoms with Gasteiger partial charge in [-0.1, -0.05) is 35.0 Å². The first kappa shape index (κ1) is 21.8. The maximum Gasteiger partial charge on any atom is 0.191 e. The van der Waals surface area contributed by atoms with Gasteiger partial charge in [0.25, 0.3) is 0 Å². The number of hydrogen-bond donors (Lipinski definition) is 1. The zero-order valence-electron chi connectivity index (χ0n) is 16.0. The van der Waals surface area contributed by atoms with Gasteiger partial charge in [-0.25, -0.2) is 0 Å². The summed E-state index contributed by atoms with van der Waals surface area (Å²) in [4.78, 5) is 0. The first-order valence-corrected chi connectivity index (χ1v) is 10.7. The molecule has 0 spiro atoms. The molecule has 1 aromatic heterocycles. The normalized spacial score (nSPS) is 12.0. The van der Waals surface area contributed by atoms with Crippen molar-refractivity contribution in [1.82, 2.24) is 14.8 Å². The lowest BCUT2D eigenvalue weighted by Gasteiger charge is -2.13. The average molecular weight is 454 g/mol. The molecule has 0 unspecified atom stereocenters. The molecule has 29 heavy (non-hydrogen) atoms. The first-order chi connectivity index (χ1) is 14.0. The van der Waals surface area contributed by atoms with E-state index in [0.29, 0.717) is 28.1 Å². The van der Waals surface area contributed by atoms with E-state index in [2.05, 4.69) is 10.2 Å².